The number of alkyl halides is 4. The predicted molar refractivity (Wildman–Crippen MR) is 58.0 cm³/mol. The Morgan fingerprint density at radius 2 is 2.18 bits per heavy atom. The lowest BCUT2D eigenvalue weighted by Crippen LogP contribution is -2.20. The summed E-state index contributed by atoms with van der Waals surface area (Å²) in [5, 5.41) is 7.22. The SMILES string of the molecule is CC(CCCl)C(=O)Nc1nnc(C(F)(F)F)s1. The first-order valence-corrected chi connectivity index (χ1v) is 5.97. The Kier molecular flexibility index (Phi) is 4.70. The highest BCUT2D eigenvalue weighted by atomic mass is 35.5. The summed E-state index contributed by atoms with van der Waals surface area (Å²) in [5.74, 6) is -0.500. The van der Waals surface area contributed by atoms with E-state index in [0.29, 0.717) is 23.6 Å². The van der Waals surface area contributed by atoms with Crippen LogP contribution in [0.3, 0.4) is 0 Å². The van der Waals surface area contributed by atoms with Crippen molar-refractivity contribution < 1.29 is 18.0 Å². The van der Waals surface area contributed by atoms with Crippen LogP contribution >= 0.6 is 22.9 Å². The highest BCUT2D eigenvalue weighted by Crippen LogP contribution is 2.33. The van der Waals surface area contributed by atoms with Crippen LogP contribution < -0.4 is 5.32 Å². The fourth-order valence-electron chi connectivity index (χ4n) is 0.912. The van der Waals surface area contributed by atoms with E-state index in [1.807, 2.05) is 0 Å². The molecule has 1 N–H and O–H groups in total. The van der Waals surface area contributed by atoms with Crippen LogP contribution in [0.4, 0.5) is 18.3 Å². The van der Waals surface area contributed by atoms with Gasteiger partial charge in [0, 0.05) is 11.8 Å². The highest BCUT2D eigenvalue weighted by molar-refractivity contribution is 7.15. The third-order valence-corrected chi connectivity index (χ3v) is 2.99. The summed E-state index contributed by atoms with van der Waals surface area (Å²) >= 11 is 5.74. The molecular weight excluding hydrogens is 279 g/mol. The largest absolute Gasteiger partial charge is 0.445 e. The lowest BCUT2D eigenvalue weighted by atomic mass is 10.1. The van der Waals surface area contributed by atoms with Crippen molar-refractivity contribution in [3.63, 3.8) is 0 Å². The Morgan fingerprint density at radius 3 is 2.65 bits per heavy atom. The number of nitrogens with zero attached hydrogens (tertiary/aromatic N) is 2. The first-order valence-electron chi connectivity index (χ1n) is 4.62. The second kappa shape index (κ2) is 5.63. The van der Waals surface area contributed by atoms with Crippen molar-refractivity contribution in [3.05, 3.63) is 5.01 Å². The van der Waals surface area contributed by atoms with Gasteiger partial charge >= 0.3 is 6.18 Å². The summed E-state index contributed by atoms with van der Waals surface area (Å²) in [5.41, 5.74) is 0. The van der Waals surface area contributed by atoms with Crippen molar-refractivity contribution in [1.82, 2.24) is 10.2 Å². The van der Waals surface area contributed by atoms with E-state index in [1.54, 1.807) is 6.92 Å². The van der Waals surface area contributed by atoms with Gasteiger partial charge in [0.15, 0.2) is 0 Å². The zero-order chi connectivity index (χ0) is 13.1. The molecule has 96 valence electrons. The monoisotopic (exact) mass is 287 g/mol. The third-order valence-electron chi connectivity index (χ3n) is 1.89. The van der Waals surface area contributed by atoms with Gasteiger partial charge in [-0.05, 0) is 6.42 Å². The molecule has 1 rings (SSSR count). The Morgan fingerprint density at radius 1 is 1.53 bits per heavy atom. The van der Waals surface area contributed by atoms with E-state index >= 15 is 0 Å². The summed E-state index contributed by atoms with van der Waals surface area (Å²) in [4.78, 5) is 11.4. The van der Waals surface area contributed by atoms with Gasteiger partial charge in [0.25, 0.3) is 0 Å². The minimum absolute atomic E-state index is 0.163. The topological polar surface area (TPSA) is 54.9 Å². The minimum atomic E-state index is -4.54. The molecule has 17 heavy (non-hydrogen) atoms. The average molecular weight is 288 g/mol. The Labute approximate surface area is 104 Å². The first kappa shape index (κ1) is 14.2. The molecule has 0 aromatic carbocycles. The number of halogens is 4. The van der Waals surface area contributed by atoms with Gasteiger partial charge in [-0.25, -0.2) is 0 Å². The summed E-state index contributed by atoms with van der Waals surface area (Å²) < 4.78 is 36.6. The van der Waals surface area contributed by atoms with E-state index in [9.17, 15) is 18.0 Å². The molecule has 0 aliphatic rings. The molecule has 1 aromatic rings. The number of nitrogens with one attached hydrogen (secondary N) is 1. The summed E-state index contributed by atoms with van der Waals surface area (Å²) in [6.07, 6.45) is -4.10. The standard InChI is InChI=1S/C8H9ClF3N3OS/c1-4(2-3-9)5(16)13-7-15-14-6(17-7)8(10,11)12/h4H,2-3H2,1H3,(H,13,15,16). The van der Waals surface area contributed by atoms with E-state index in [4.69, 9.17) is 11.6 Å². The van der Waals surface area contributed by atoms with Gasteiger partial charge in [0.05, 0.1) is 0 Å². The molecular formula is C8H9ClF3N3OS. The lowest BCUT2D eigenvalue weighted by molar-refractivity contribution is -0.138. The van der Waals surface area contributed by atoms with E-state index in [-0.39, 0.29) is 11.0 Å². The van der Waals surface area contributed by atoms with Crippen LogP contribution in [0.2, 0.25) is 0 Å². The van der Waals surface area contributed by atoms with Gasteiger partial charge in [-0.1, -0.05) is 18.3 Å². The number of aromatic nitrogens is 2. The van der Waals surface area contributed by atoms with Gasteiger partial charge in [0.1, 0.15) is 0 Å². The Balaban J connectivity index is 2.64. The van der Waals surface area contributed by atoms with E-state index in [0.717, 1.165) is 0 Å². The molecule has 0 aliphatic carbocycles. The van der Waals surface area contributed by atoms with Gasteiger partial charge in [0.2, 0.25) is 16.0 Å². The number of amides is 1. The highest BCUT2D eigenvalue weighted by Gasteiger charge is 2.35. The van der Waals surface area contributed by atoms with Crippen molar-refractivity contribution in [2.75, 3.05) is 11.2 Å². The predicted octanol–water partition coefficient (Wildman–Crippen LogP) is 2.76. The van der Waals surface area contributed by atoms with Crippen LogP contribution in [0.25, 0.3) is 0 Å². The maximum atomic E-state index is 12.2. The third kappa shape index (κ3) is 4.12. The van der Waals surface area contributed by atoms with E-state index in [2.05, 4.69) is 15.5 Å². The smallest absolute Gasteiger partial charge is 0.300 e. The van der Waals surface area contributed by atoms with Crippen molar-refractivity contribution >= 4 is 34.0 Å². The fraction of sp³-hybridized carbons (Fsp3) is 0.625. The van der Waals surface area contributed by atoms with Crippen LogP contribution in [0.15, 0.2) is 0 Å². The number of hydrogen-bond acceptors (Lipinski definition) is 4. The number of anilines is 1. The van der Waals surface area contributed by atoms with Gasteiger partial charge < -0.3 is 5.32 Å². The van der Waals surface area contributed by atoms with Crippen molar-refractivity contribution in [2.24, 2.45) is 5.92 Å². The van der Waals surface area contributed by atoms with Crippen LogP contribution in [0.5, 0.6) is 0 Å². The van der Waals surface area contributed by atoms with Crippen LogP contribution in [0.1, 0.15) is 18.4 Å². The molecule has 0 aliphatic heterocycles. The second-order valence-corrected chi connectivity index (χ2v) is 4.63. The quantitative estimate of drug-likeness (QED) is 0.866. The molecule has 1 unspecified atom stereocenters. The zero-order valence-electron chi connectivity index (χ0n) is 8.71. The van der Waals surface area contributed by atoms with Crippen molar-refractivity contribution in [3.8, 4) is 0 Å². The molecule has 4 nitrogen and oxygen atoms in total. The Hall–Kier alpha value is -0.890. The average Bonchev–Trinajstić information content (AvgIpc) is 2.66. The Bertz CT molecular complexity index is 396. The molecule has 1 heterocycles. The van der Waals surface area contributed by atoms with Gasteiger partial charge in [-0.2, -0.15) is 13.2 Å². The maximum absolute atomic E-state index is 12.2. The molecule has 9 heteroatoms. The van der Waals surface area contributed by atoms with Gasteiger partial charge in [-0.15, -0.1) is 21.8 Å². The molecule has 0 spiro atoms. The van der Waals surface area contributed by atoms with Crippen molar-refractivity contribution in [1.29, 1.82) is 0 Å². The first-order chi connectivity index (χ1) is 7.84. The van der Waals surface area contributed by atoms with E-state index < -0.39 is 17.1 Å². The van der Waals surface area contributed by atoms with Gasteiger partial charge in [-0.3, -0.25) is 4.79 Å². The summed E-state index contributed by atoms with van der Waals surface area (Å²) in [6.45, 7) is 1.63. The number of carbonyl (C=O) groups is 1. The van der Waals surface area contributed by atoms with Crippen molar-refractivity contribution in [2.45, 2.75) is 19.5 Å². The van der Waals surface area contributed by atoms with Crippen LogP contribution in [0, 0.1) is 5.92 Å². The van der Waals surface area contributed by atoms with E-state index in [1.165, 1.54) is 0 Å². The molecule has 0 bridgehead atoms. The maximum Gasteiger partial charge on any atom is 0.445 e. The van der Waals surface area contributed by atoms with Crippen LogP contribution in [-0.4, -0.2) is 22.0 Å². The molecule has 1 aromatic heterocycles. The minimum Gasteiger partial charge on any atom is -0.300 e. The lowest BCUT2D eigenvalue weighted by Gasteiger charge is -2.07. The molecule has 0 saturated carbocycles. The number of hydrogen-bond donors (Lipinski definition) is 1. The zero-order valence-corrected chi connectivity index (χ0v) is 10.3. The number of carbonyl (C=O) groups excluding carboxylic acids is 1. The summed E-state index contributed by atoms with van der Waals surface area (Å²) in [6, 6.07) is 0. The normalized spacial score (nSPS) is 13.5. The van der Waals surface area contributed by atoms with Crippen LogP contribution in [-0.2, 0) is 11.0 Å². The molecule has 1 amide bonds. The fourth-order valence-corrected chi connectivity index (χ4v) is 1.85. The molecule has 0 saturated heterocycles. The molecule has 1 atom stereocenters. The molecule has 0 fully saturated rings. The number of rotatable bonds is 4. The second-order valence-electron chi connectivity index (χ2n) is 3.28. The summed E-state index contributed by atoms with van der Waals surface area (Å²) in [7, 11) is 0. The molecule has 0 radical (unpaired) electrons.